The predicted molar refractivity (Wildman–Crippen MR) is 81.8 cm³/mol. The van der Waals surface area contributed by atoms with E-state index in [9.17, 15) is 4.79 Å². The van der Waals surface area contributed by atoms with Crippen LogP contribution in [-0.4, -0.2) is 48.3 Å². The van der Waals surface area contributed by atoms with Gasteiger partial charge < -0.3 is 15.0 Å². The molecule has 112 valence electrons. The summed E-state index contributed by atoms with van der Waals surface area (Å²) in [6.45, 7) is 3.35. The molecule has 2 N–H and O–H groups in total. The van der Waals surface area contributed by atoms with E-state index in [1.165, 1.54) is 0 Å². The molecule has 0 aliphatic rings. The first-order valence-electron chi connectivity index (χ1n) is 6.75. The van der Waals surface area contributed by atoms with Gasteiger partial charge in [-0.25, -0.2) is 0 Å². The lowest BCUT2D eigenvalue weighted by Crippen LogP contribution is -2.20. The standard InChI is InChI=1S/C15H20N4O2/c1-11-4-5-12(14(10-11)21-9-8-19(2)3)17-15(20)13-6-7-16-18-13/h4-7,10H,8-9H2,1-3H3,(H,16,18)(H,17,20). The van der Waals surface area contributed by atoms with E-state index in [0.717, 1.165) is 12.1 Å². The number of amides is 1. The summed E-state index contributed by atoms with van der Waals surface area (Å²) in [5.74, 6) is 0.429. The van der Waals surface area contributed by atoms with Gasteiger partial charge in [0.1, 0.15) is 18.1 Å². The molecule has 1 aromatic heterocycles. The maximum atomic E-state index is 12.0. The Morgan fingerprint density at radius 2 is 2.19 bits per heavy atom. The molecule has 0 aliphatic carbocycles. The molecule has 0 atom stereocenters. The maximum absolute atomic E-state index is 12.0. The Kier molecular flexibility index (Phi) is 4.94. The van der Waals surface area contributed by atoms with E-state index in [2.05, 4.69) is 15.5 Å². The van der Waals surface area contributed by atoms with Crippen molar-refractivity contribution in [2.75, 3.05) is 32.6 Å². The SMILES string of the molecule is Cc1ccc(NC(=O)c2ccn[nH]2)c(OCCN(C)C)c1. The molecule has 0 saturated heterocycles. The van der Waals surface area contributed by atoms with Gasteiger partial charge in [-0.3, -0.25) is 9.89 Å². The predicted octanol–water partition coefficient (Wildman–Crippen LogP) is 1.91. The smallest absolute Gasteiger partial charge is 0.273 e. The molecule has 6 nitrogen and oxygen atoms in total. The normalized spacial score (nSPS) is 10.7. The minimum atomic E-state index is -0.242. The van der Waals surface area contributed by atoms with Crippen molar-refractivity contribution in [1.29, 1.82) is 0 Å². The molecule has 0 spiro atoms. The number of H-pyrrole nitrogens is 1. The van der Waals surface area contributed by atoms with Gasteiger partial charge in [0.15, 0.2) is 0 Å². The van der Waals surface area contributed by atoms with Crippen molar-refractivity contribution in [1.82, 2.24) is 15.1 Å². The number of rotatable bonds is 6. The highest BCUT2D eigenvalue weighted by molar-refractivity contribution is 6.03. The quantitative estimate of drug-likeness (QED) is 0.852. The first kappa shape index (κ1) is 15.1. The van der Waals surface area contributed by atoms with Gasteiger partial charge >= 0.3 is 0 Å². The highest BCUT2D eigenvalue weighted by Gasteiger charge is 2.11. The van der Waals surface area contributed by atoms with Crippen molar-refractivity contribution >= 4 is 11.6 Å². The highest BCUT2D eigenvalue weighted by Crippen LogP contribution is 2.26. The Balaban J connectivity index is 2.09. The summed E-state index contributed by atoms with van der Waals surface area (Å²) in [5, 5.41) is 9.23. The molecular formula is C15H20N4O2. The van der Waals surface area contributed by atoms with Crippen molar-refractivity contribution in [2.24, 2.45) is 0 Å². The second-order valence-corrected chi connectivity index (χ2v) is 5.08. The van der Waals surface area contributed by atoms with Gasteiger partial charge in [0, 0.05) is 12.7 Å². The van der Waals surface area contributed by atoms with Gasteiger partial charge in [-0.05, 0) is 44.8 Å². The molecule has 1 amide bonds. The molecule has 0 radical (unpaired) electrons. The van der Waals surface area contributed by atoms with E-state index in [1.807, 2.05) is 44.1 Å². The molecule has 2 rings (SSSR count). The summed E-state index contributed by atoms with van der Waals surface area (Å²) in [4.78, 5) is 14.1. The van der Waals surface area contributed by atoms with Crippen LogP contribution in [0, 0.1) is 6.92 Å². The number of carbonyl (C=O) groups excluding carboxylic acids is 1. The number of aromatic amines is 1. The lowest BCUT2D eigenvalue weighted by molar-refractivity contribution is 0.102. The van der Waals surface area contributed by atoms with Gasteiger partial charge in [0.25, 0.3) is 5.91 Å². The molecule has 2 aromatic rings. The number of nitrogens with one attached hydrogen (secondary N) is 2. The largest absolute Gasteiger partial charge is 0.490 e. The maximum Gasteiger partial charge on any atom is 0.273 e. The lowest BCUT2D eigenvalue weighted by Gasteiger charge is -2.15. The summed E-state index contributed by atoms with van der Waals surface area (Å²) in [6, 6.07) is 7.31. The van der Waals surface area contributed by atoms with Crippen LogP contribution in [0.3, 0.4) is 0 Å². The number of hydrogen-bond donors (Lipinski definition) is 2. The van der Waals surface area contributed by atoms with E-state index >= 15 is 0 Å². The molecule has 0 fully saturated rings. The van der Waals surface area contributed by atoms with Crippen LogP contribution >= 0.6 is 0 Å². The van der Waals surface area contributed by atoms with Crippen molar-refractivity contribution in [2.45, 2.75) is 6.92 Å². The van der Waals surface area contributed by atoms with E-state index in [1.54, 1.807) is 12.3 Å². The fourth-order valence-corrected chi connectivity index (χ4v) is 1.76. The summed E-state index contributed by atoms with van der Waals surface area (Å²) < 4.78 is 5.76. The number of anilines is 1. The van der Waals surface area contributed by atoms with E-state index < -0.39 is 0 Å². The topological polar surface area (TPSA) is 70.2 Å². The zero-order chi connectivity index (χ0) is 15.2. The Labute approximate surface area is 124 Å². The number of aryl methyl sites for hydroxylation is 1. The third-order valence-electron chi connectivity index (χ3n) is 2.93. The molecule has 0 unspecified atom stereocenters. The Bertz CT molecular complexity index is 594. The number of ether oxygens (including phenoxy) is 1. The van der Waals surface area contributed by atoms with E-state index in [-0.39, 0.29) is 5.91 Å². The monoisotopic (exact) mass is 288 g/mol. The summed E-state index contributed by atoms with van der Waals surface area (Å²) in [7, 11) is 3.97. The van der Waals surface area contributed by atoms with Crippen LogP contribution in [-0.2, 0) is 0 Å². The van der Waals surface area contributed by atoms with Gasteiger partial charge in [-0.15, -0.1) is 0 Å². The number of likely N-dealkylation sites (N-methyl/N-ethyl adjacent to an activating group) is 1. The van der Waals surface area contributed by atoms with Crippen LogP contribution < -0.4 is 10.1 Å². The van der Waals surface area contributed by atoms with Crippen molar-refractivity contribution < 1.29 is 9.53 Å². The van der Waals surface area contributed by atoms with Crippen molar-refractivity contribution in [3.05, 3.63) is 41.7 Å². The first-order valence-corrected chi connectivity index (χ1v) is 6.75. The lowest BCUT2D eigenvalue weighted by atomic mass is 10.2. The first-order chi connectivity index (χ1) is 10.1. The zero-order valence-corrected chi connectivity index (χ0v) is 12.5. The van der Waals surface area contributed by atoms with Gasteiger partial charge in [0.2, 0.25) is 0 Å². The van der Waals surface area contributed by atoms with E-state index in [0.29, 0.717) is 23.7 Å². The molecule has 0 bridgehead atoms. The average Bonchev–Trinajstić information content (AvgIpc) is 2.95. The number of hydrogen-bond acceptors (Lipinski definition) is 4. The Hall–Kier alpha value is -2.34. The van der Waals surface area contributed by atoms with Gasteiger partial charge in [0.05, 0.1) is 5.69 Å². The van der Waals surface area contributed by atoms with Crippen LogP contribution in [0.2, 0.25) is 0 Å². The number of carbonyl (C=O) groups is 1. The molecule has 0 saturated carbocycles. The van der Waals surface area contributed by atoms with Crippen LogP contribution in [0.4, 0.5) is 5.69 Å². The highest BCUT2D eigenvalue weighted by atomic mass is 16.5. The van der Waals surface area contributed by atoms with Crippen LogP contribution in [0.5, 0.6) is 5.75 Å². The van der Waals surface area contributed by atoms with Crippen LogP contribution in [0.25, 0.3) is 0 Å². The minimum Gasteiger partial charge on any atom is -0.490 e. The van der Waals surface area contributed by atoms with Crippen molar-refractivity contribution in [3.8, 4) is 5.75 Å². The molecule has 1 aromatic carbocycles. The molecule has 1 heterocycles. The molecule has 0 aliphatic heterocycles. The third kappa shape index (κ3) is 4.32. The van der Waals surface area contributed by atoms with E-state index in [4.69, 9.17) is 4.74 Å². The Morgan fingerprint density at radius 1 is 1.38 bits per heavy atom. The Morgan fingerprint density at radius 3 is 2.86 bits per heavy atom. The van der Waals surface area contributed by atoms with Crippen molar-refractivity contribution in [3.63, 3.8) is 0 Å². The summed E-state index contributed by atoms with van der Waals surface area (Å²) >= 11 is 0. The number of benzene rings is 1. The molecule has 21 heavy (non-hydrogen) atoms. The fourth-order valence-electron chi connectivity index (χ4n) is 1.76. The second kappa shape index (κ2) is 6.90. The van der Waals surface area contributed by atoms with Gasteiger partial charge in [-0.2, -0.15) is 5.10 Å². The third-order valence-corrected chi connectivity index (χ3v) is 2.93. The van der Waals surface area contributed by atoms with Gasteiger partial charge in [-0.1, -0.05) is 6.07 Å². The number of nitrogens with zero attached hydrogens (tertiary/aromatic N) is 2. The second-order valence-electron chi connectivity index (χ2n) is 5.08. The fraction of sp³-hybridized carbons (Fsp3) is 0.333. The molecular weight excluding hydrogens is 268 g/mol. The average molecular weight is 288 g/mol. The summed E-state index contributed by atoms with van der Waals surface area (Å²) in [5.41, 5.74) is 2.14. The summed E-state index contributed by atoms with van der Waals surface area (Å²) in [6.07, 6.45) is 1.54. The van der Waals surface area contributed by atoms with Crippen LogP contribution in [0.15, 0.2) is 30.5 Å². The number of aromatic nitrogens is 2. The molecule has 6 heteroatoms. The zero-order valence-electron chi connectivity index (χ0n) is 12.5. The van der Waals surface area contributed by atoms with Crippen LogP contribution in [0.1, 0.15) is 16.1 Å². The minimum absolute atomic E-state index is 0.242.